The molecule has 0 N–H and O–H groups in total. The van der Waals surface area contributed by atoms with Gasteiger partial charge < -0.3 is 9.80 Å². The number of carbonyl (C=O) groups is 2. The first-order valence-electron chi connectivity index (χ1n) is 10.8. The second kappa shape index (κ2) is 9.55. The zero-order valence-corrected chi connectivity index (χ0v) is 17.7. The van der Waals surface area contributed by atoms with Gasteiger partial charge in [0, 0.05) is 49.8 Å². The maximum absolute atomic E-state index is 13.3. The molecule has 3 aromatic rings. The third kappa shape index (κ3) is 4.66. The van der Waals surface area contributed by atoms with Gasteiger partial charge in [0.25, 0.3) is 11.8 Å². The standard InChI is InChI=1S/C24H27N5O2/c1-2-13-29(24(31)20-8-9-22(26-17-20)28-16-12-25-18-28)21-10-14-27(15-11-21)23(30)19-6-4-3-5-7-19/h3-9,12,16-18,21H,2,10-11,13-15H2,1H3. The monoisotopic (exact) mass is 417 g/mol. The van der Waals surface area contributed by atoms with Gasteiger partial charge in [0.1, 0.15) is 12.1 Å². The summed E-state index contributed by atoms with van der Waals surface area (Å²) in [6, 6.07) is 13.2. The molecule has 0 spiro atoms. The molecule has 7 heteroatoms. The molecule has 160 valence electrons. The molecule has 1 aromatic carbocycles. The first kappa shape index (κ1) is 20.8. The van der Waals surface area contributed by atoms with Crippen molar-refractivity contribution in [1.82, 2.24) is 24.3 Å². The smallest absolute Gasteiger partial charge is 0.255 e. The normalized spacial score (nSPS) is 14.4. The number of pyridine rings is 1. The minimum absolute atomic E-state index is 0.000586. The number of nitrogens with zero attached hydrogens (tertiary/aromatic N) is 5. The molecule has 7 nitrogen and oxygen atoms in total. The summed E-state index contributed by atoms with van der Waals surface area (Å²) in [6.07, 6.45) is 9.27. The van der Waals surface area contributed by atoms with Crippen molar-refractivity contribution < 1.29 is 9.59 Å². The minimum atomic E-state index is -0.000586. The Bertz CT molecular complexity index is 994. The van der Waals surface area contributed by atoms with Crippen molar-refractivity contribution in [3.63, 3.8) is 0 Å². The molecule has 1 aliphatic rings. The summed E-state index contributed by atoms with van der Waals surface area (Å²) in [7, 11) is 0. The van der Waals surface area contributed by atoms with Gasteiger partial charge in [0.05, 0.1) is 5.56 Å². The van der Waals surface area contributed by atoms with Crippen molar-refractivity contribution in [2.45, 2.75) is 32.2 Å². The van der Waals surface area contributed by atoms with Gasteiger partial charge in [-0.15, -0.1) is 0 Å². The van der Waals surface area contributed by atoms with Crippen molar-refractivity contribution >= 4 is 11.8 Å². The van der Waals surface area contributed by atoms with E-state index >= 15 is 0 Å². The molecule has 31 heavy (non-hydrogen) atoms. The van der Waals surface area contributed by atoms with E-state index in [4.69, 9.17) is 0 Å². The lowest BCUT2D eigenvalue weighted by Crippen LogP contribution is -2.49. The summed E-state index contributed by atoms with van der Waals surface area (Å²) in [5.74, 6) is 0.787. The number of benzene rings is 1. The highest BCUT2D eigenvalue weighted by Gasteiger charge is 2.30. The molecular weight excluding hydrogens is 390 g/mol. The van der Waals surface area contributed by atoms with Crippen LogP contribution in [0, 0.1) is 0 Å². The van der Waals surface area contributed by atoms with Crippen LogP contribution in [0.15, 0.2) is 67.4 Å². The van der Waals surface area contributed by atoms with Crippen LogP contribution in [-0.4, -0.2) is 61.8 Å². The number of carbonyl (C=O) groups excluding carboxylic acids is 2. The second-order valence-electron chi connectivity index (χ2n) is 7.76. The summed E-state index contributed by atoms with van der Waals surface area (Å²) in [4.78, 5) is 38.3. The van der Waals surface area contributed by atoms with Crippen molar-refractivity contribution in [3.05, 3.63) is 78.5 Å². The van der Waals surface area contributed by atoms with E-state index in [1.54, 1.807) is 23.3 Å². The summed E-state index contributed by atoms with van der Waals surface area (Å²) >= 11 is 0. The molecular formula is C24H27N5O2. The van der Waals surface area contributed by atoms with Crippen LogP contribution in [-0.2, 0) is 0 Å². The molecule has 0 radical (unpaired) electrons. The molecule has 1 saturated heterocycles. The Morgan fingerprint density at radius 1 is 1.06 bits per heavy atom. The van der Waals surface area contributed by atoms with Crippen LogP contribution in [0.1, 0.15) is 46.9 Å². The van der Waals surface area contributed by atoms with Crippen LogP contribution in [0.3, 0.4) is 0 Å². The van der Waals surface area contributed by atoms with E-state index in [-0.39, 0.29) is 17.9 Å². The summed E-state index contributed by atoms with van der Waals surface area (Å²) in [5, 5.41) is 0. The average molecular weight is 418 g/mol. The van der Waals surface area contributed by atoms with Crippen LogP contribution in [0.5, 0.6) is 0 Å². The summed E-state index contributed by atoms with van der Waals surface area (Å²) in [5.41, 5.74) is 1.30. The van der Waals surface area contributed by atoms with Gasteiger partial charge in [0.2, 0.25) is 0 Å². The number of hydrogen-bond donors (Lipinski definition) is 0. The van der Waals surface area contributed by atoms with E-state index in [1.165, 1.54) is 0 Å². The molecule has 2 amide bonds. The Balaban J connectivity index is 1.42. The number of rotatable bonds is 6. The first-order valence-corrected chi connectivity index (χ1v) is 10.8. The second-order valence-corrected chi connectivity index (χ2v) is 7.76. The summed E-state index contributed by atoms with van der Waals surface area (Å²) < 4.78 is 1.80. The Labute approximate surface area is 182 Å². The van der Waals surface area contributed by atoms with E-state index in [1.807, 2.05) is 58.5 Å². The number of amides is 2. The number of piperidine rings is 1. The van der Waals surface area contributed by atoms with Gasteiger partial charge in [-0.25, -0.2) is 9.97 Å². The Morgan fingerprint density at radius 3 is 2.45 bits per heavy atom. The largest absolute Gasteiger partial charge is 0.338 e. The van der Waals surface area contributed by atoms with Crippen LogP contribution >= 0.6 is 0 Å². The van der Waals surface area contributed by atoms with Gasteiger partial charge in [-0.1, -0.05) is 25.1 Å². The third-order valence-corrected chi connectivity index (χ3v) is 5.70. The van der Waals surface area contributed by atoms with Crippen molar-refractivity contribution in [2.75, 3.05) is 19.6 Å². The Morgan fingerprint density at radius 2 is 1.84 bits per heavy atom. The van der Waals surface area contributed by atoms with E-state index in [0.717, 1.165) is 25.1 Å². The molecule has 0 aliphatic carbocycles. The molecule has 1 fully saturated rings. The van der Waals surface area contributed by atoms with E-state index in [0.29, 0.717) is 30.8 Å². The SMILES string of the molecule is CCCN(C(=O)c1ccc(-n2ccnc2)nc1)C1CCN(C(=O)c2ccccc2)CC1. The zero-order chi connectivity index (χ0) is 21.6. The maximum Gasteiger partial charge on any atom is 0.255 e. The molecule has 2 aromatic heterocycles. The van der Waals surface area contributed by atoms with Crippen LogP contribution in [0.2, 0.25) is 0 Å². The Kier molecular flexibility index (Phi) is 6.40. The lowest BCUT2D eigenvalue weighted by atomic mass is 10.0. The van der Waals surface area contributed by atoms with Crippen LogP contribution < -0.4 is 0 Å². The predicted molar refractivity (Wildman–Crippen MR) is 118 cm³/mol. The molecule has 0 atom stereocenters. The van der Waals surface area contributed by atoms with Crippen LogP contribution in [0.4, 0.5) is 0 Å². The number of likely N-dealkylation sites (tertiary alicyclic amines) is 1. The number of hydrogen-bond acceptors (Lipinski definition) is 4. The maximum atomic E-state index is 13.3. The van der Waals surface area contributed by atoms with Gasteiger partial charge in [0.15, 0.2) is 0 Å². The van der Waals surface area contributed by atoms with Gasteiger partial charge in [-0.3, -0.25) is 14.2 Å². The Hall–Kier alpha value is -3.48. The van der Waals surface area contributed by atoms with Crippen molar-refractivity contribution in [3.8, 4) is 5.82 Å². The molecule has 3 heterocycles. The fourth-order valence-corrected chi connectivity index (χ4v) is 4.06. The summed E-state index contributed by atoms with van der Waals surface area (Å²) in [6.45, 7) is 4.08. The minimum Gasteiger partial charge on any atom is -0.338 e. The molecule has 4 rings (SSSR count). The van der Waals surface area contributed by atoms with Crippen molar-refractivity contribution in [1.29, 1.82) is 0 Å². The van der Waals surface area contributed by atoms with Crippen LogP contribution in [0.25, 0.3) is 5.82 Å². The van der Waals surface area contributed by atoms with E-state index in [9.17, 15) is 9.59 Å². The number of aromatic nitrogens is 3. The van der Waals surface area contributed by atoms with Crippen molar-refractivity contribution in [2.24, 2.45) is 0 Å². The third-order valence-electron chi connectivity index (χ3n) is 5.70. The predicted octanol–water partition coefficient (Wildman–Crippen LogP) is 3.42. The highest BCUT2D eigenvalue weighted by Crippen LogP contribution is 2.21. The average Bonchev–Trinajstić information content (AvgIpc) is 3.38. The lowest BCUT2D eigenvalue weighted by molar-refractivity contribution is 0.0519. The molecule has 1 aliphatic heterocycles. The highest BCUT2D eigenvalue weighted by atomic mass is 16.2. The molecule has 0 bridgehead atoms. The first-order chi connectivity index (χ1) is 15.2. The molecule has 0 unspecified atom stereocenters. The van der Waals surface area contributed by atoms with Gasteiger partial charge >= 0.3 is 0 Å². The fourth-order valence-electron chi connectivity index (χ4n) is 4.06. The van der Waals surface area contributed by atoms with Gasteiger partial charge in [-0.2, -0.15) is 0 Å². The molecule has 0 saturated carbocycles. The fraction of sp³-hybridized carbons (Fsp3) is 0.333. The van der Waals surface area contributed by atoms with Gasteiger partial charge in [-0.05, 0) is 43.5 Å². The zero-order valence-electron chi connectivity index (χ0n) is 17.7. The quantitative estimate of drug-likeness (QED) is 0.616. The van der Waals surface area contributed by atoms with E-state index in [2.05, 4.69) is 16.9 Å². The highest BCUT2D eigenvalue weighted by molar-refractivity contribution is 5.95. The number of imidazole rings is 1. The van der Waals surface area contributed by atoms with E-state index < -0.39 is 0 Å². The topological polar surface area (TPSA) is 71.3 Å². The lowest BCUT2D eigenvalue weighted by Gasteiger charge is -2.38.